The summed E-state index contributed by atoms with van der Waals surface area (Å²) >= 11 is 1.78. The van der Waals surface area contributed by atoms with Gasteiger partial charge < -0.3 is 0 Å². The lowest BCUT2D eigenvalue weighted by Gasteiger charge is -2.13. The van der Waals surface area contributed by atoms with E-state index in [1.807, 2.05) is 18.2 Å². The van der Waals surface area contributed by atoms with Gasteiger partial charge in [0.15, 0.2) is 17.5 Å². The molecule has 0 N–H and O–H groups in total. The van der Waals surface area contributed by atoms with Gasteiger partial charge >= 0.3 is 0 Å². The molecule has 0 aliphatic carbocycles. The quantitative estimate of drug-likeness (QED) is 0.181. The molecule has 49 heavy (non-hydrogen) atoms. The zero-order chi connectivity index (χ0) is 32.6. The van der Waals surface area contributed by atoms with E-state index < -0.39 is 0 Å². The van der Waals surface area contributed by atoms with Gasteiger partial charge in [-0.2, -0.15) is 0 Å². The van der Waals surface area contributed by atoms with Crippen molar-refractivity contribution >= 4 is 31.5 Å². The minimum absolute atomic E-state index is 0.646. The number of fused-ring (bicyclic) bond motifs is 3. The van der Waals surface area contributed by atoms with Crippen LogP contribution in [0.3, 0.4) is 0 Å². The average molecular weight is 644 g/mol. The molecule has 3 nitrogen and oxygen atoms in total. The van der Waals surface area contributed by atoms with Crippen molar-refractivity contribution in [2.75, 3.05) is 0 Å². The molecule has 0 fully saturated rings. The Bertz CT molecular complexity index is 2610. The van der Waals surface area contributed by atoms with E-state index in [1.165, 1.54) is 42.4 Å². The van der Waals surface area contributed by atoms with Crippen LogP contribution in [-0.2, 0) is 0 Å². The third kappa shape index (κ3) is 5.48. The molecule has 0 bridgehead atoms. The first-order valence-electron chi connectivity index (χ1n) is 16.4. The van der Waals surface area contributed by atoms with Crippen molar-refractivity contribution in [2.45, 2.75) is 0 Å². The molecule has 7 aromatic carbocycles. The number of hydrogen-bond donors (Lipinski definition) is 0. The fourth-order valence-corrected chi connectivity index (χ4v) is 7.79. The summed E-state index contributed by atoms with van der Waals surface area (Å²) in [6.07, 6.45) is 0. The second-order valence-corrected chi connectivity index (χ2v) is 13.1. The van der Waals surface area contributed by atoms with Crippen LogP contribution in [0.1, 0.15) is 0 Å². The summed E-state index contributed by atoms with van der Waals surface area (Å²) in [7, 11) is 0. The van der Waals surface area contributed by atoms with Crippen molar-refractivity contribution in [3.05, 3.63) is 176 Å². The lowest BCUT2D eigenvalue weighted by atomic mass is 9.92. The summed E-state index contributed by atoms with van der Waals surface area (Å²) in [5.41, 5.74) is 9.92. The molecule has 0 unspecified atom stereocenters. The van der Waals surface area contributed by atoms with Crippen molar-refractivity contribution in [3.63, 3.8) is 0 Å². The molecule has 0 aliphatic rings. The van der Waals surface area contributed by atoms with Crippen LogP contribution < -0.4 is 0 Å². The van der Waals surface area contributed by atoms with Crippen molar-refractivity contribution in [3.8, 4) is 67.5 Å². The third-order valence-electron chi connectivity index (χ3n) is 8.95. The zero-order valence-corrected chi connectivity index (χ0v) is 27.3. The van der Waals surface area contributed by atoms with Crippen LogP contribution in [0.25, 0.3) is 87.7 Å². The average Bonchev–Trinajstić information content (AvgIpc) is 3.58. The van der Waals surface area contributed by atoms with Crippen LogP contribution in [0.2, 0.25) is 0 Å². The van der Waals surface area contributed by atoms with E-state index in [0.717, 1.165) is 27.8 Å². The van der Waals surface area contributed by atoms with Crippen molar-refractivity contribution in [1.29, 1.82) is 0 Å². The fourth-order valence-electron chi connectivity index (χ4n) is 6.57. The molecule has 9 rings (SSSR count). The maximum atomic E-state index is 5.16. The SMILES string of the molecule is c1ccc(-c2cccc(-c3ccccc3-c3cccc(-c4nc(-c5ccccc5)nc(-c5cccc6c5sc5ccccc56)n4)c3)c2)cc1. The number of aromatic nitrogens is 3. The number of nitrogens with zero attached hydrogens (tertiary/aromatic N) is 3. The van der Waals surface area contributed by atoms with Crippen molar-refractivity contribution < 1.29 is 0 Å². The Morgan fingerprint density at radius 1 is 0.306 bits per heavy atom. The maximum Gasteiger partial charge on any atom is 0.165 e. The number of benzene rings is 7. The first-order valence-corrected chi connectivity index (χ1v) is 17.2. The van der Waals surface area contributed by atoms with Crippen LogP contribution in [0.15, 0.2) is 176 Å². The van der Waals surface area contributed by atoms with Gasteiger partial charge in [0.05, 0.1) is 0 Å². The Kier molecular flexibility index (Phi) is 7.34. The van der Waals surface area contributed by atoms with Crippen LogP contribution >= 0.6 is 11.3 Å². The molecule has 0 atom stereocenters. The highest BCUT2D eigenvalue weighted by molar-refractivity contribution is 7.26. The molecule has 0 aliphatic heterocycles. The summed E-state index contributed by atoms with van der Waals surface area (Å²) in [4.78, 5) is 15.3. The van der Waals surface area contributed by atoms with Gasteiger partial charge in [-0.05, 0) is 57.6 Å². The molecular weight excluding hydrogens is 615 g/mol. The van der Waals surface area contributed by atoms with Gasteiger partial charge in [-0.15, -0.1) is 11.3 Å². The van der Waals surface area contributed by atoms with Crippen LogP contribution in [-0.4, -0.2) is 15.0 Å². The molecule has 230 valence electrons. The Labute approximate surface area is 288 Å². The van der Waals surface area contributed by atoms with Gasteiger partial charge in [-0.1, -0.05) is 152 Å². The Balaban J connectivity index is 1.18. The Morgan fingerprint density at radius 3 is 1.51 bits per heavy atom. The van der Waals surface area contributed by atoms with E-state index in [1.54, 1.807) is 11.3 Å². The maximum absolute atomic E-state index is 5.16. The van der Waals surface area contributed by atoms with E-state index in [9.17, 15) is 0 Å². The highest BCUT2D eigenvalue weighted by Crippen LogP contribution is 2.40. The summed E-state index contributed by atoms with van der Waals surface area (Å²) in [5.74, 6) is 1.97. The zero-order valence-electron chi connectivity index (χ0n) is 26.5. The molecule has 9 aromatic rings. The standard InChI is InChI=1S/C45H29N3S/c1-3-14-30(15-4-1)32-18-11-19-33(28-32)36-22-7-8-23-37(36)34-20-12-21-35(29-34)44-46-43(31-16-5-2-6-17-31)47-45(48-44)40-26-13-25-39-38-24-9-10-27-41(38)49-42(39)40/h1-29H. The lowest BCUT2D eigenvalue weighted by molar-refractivity contribution is 1.08. The predicted octanol–water partition coefficient (Wildman–Crippen LogP) is 12.2. The minimum Gasteiger partial charge on any atom is -0.208 e. The van der Waals surface area contributed by atoms with E-state index in [-0.39, 0.29) is 0 Å². The summed E-state index contributed by atoms with van der Waals surface area (Å²) in [6.45, 7) is 0. The molecule has 0 radical (unpaired) electrons. The normalized spacial score (nSPS) is 11.3. The van der Waals surface area contributed by atoms with Gasteiger partial charge in [0.2, 0.25) is 0 Å². The van der Waals surface area contributed by atoms with Crippen LogP contribution in [0.4, 0.5) is 0 Å². The van der Waals surface area contributed by atoms with Gasteiger partial charge in [0.1, 0.15) is 0 Å². The second kappa shape index (κ2) is 12.4. The van der Waals surface area contributed by atoms with E-state index in [0.29, 0.717) is 17.5 Å². The van der Waals surface area contributed by atoms with E-state index in [4.69, 9.17) is 15.0 Å². The van der Waals surface area contributed by atoms with Crippen LogP contribution in [0.5, 0.6) is 0 Å². The van der Waals surface area contributed by atoms with Gasteiger partial charge in [-0.25, -0.2) is 15.0 Å². The van der Waals surface area contributed by atoms with E-state index >= 15 is 0 Å². The molecular formula is C45H29N3S. The third-order valence-corrected chi connectivity index (χ3v) is 10.2. The Hall–Kier alpha value is -6.23. The monoisotopic (exact) mass is 643 g/mol. The molecule has 0 spiro atoms. The number of thiophene rings is 1. The number of hydrogen-bond acceptors (Lipinski definition) is 4. The van der Waals surface area contributed by atoms with E-state index in [2.05, 4.69) is 158 Å². The molecule has 0 amide bonds. The highest BCUT2D eigenvalue weighted by Gasteiger charge is 2.17. The molecule has 0 saturated carbocycles. The van der Waals surface area contributed by atoms with Gasteiger partial charge in [-0.3, -0.25) is 0 Å². The Morgan fingerprint density at radius 2 is 0.776 bits per heavy atom. The largest absolute Gasteiger partial charge is 0.208 e. The van der Waals surface area contributed by atoms with Crippen molar-refractivity contribution in [1.82, 2.24) is 15.0 Å². The minimum atomic E-state index is 0.646. The first kappa shape index (κ1) is 29.0. The molecule has 0 saturated heterocycles. The second-order valence-electron chi connectivity index (χ2n) is 12.0. The highest BCUT2D eigenvalue weighted by atomic mass is 32.1. The molecule has 4 heteroatoms. The van der Waals surface area contributed by atoms with Crippen molar-refractivity contribution in [2.24, 2.45) is 0 Å². The fraction of sp³-hybridized carbons (Fsp3) is 0. The predicted molar refractivity (Wildman–Crippen MR) is 205 cm³/mol. The summed E-state index contributed by atoms with van der Waals surface area (Å²) in [5, 5.41) is 2.47. The van der Waals surface area contributed by atoms with Gasteiger partial charge in [0, 0.05) is 36.9 Å². The number of rotatable bonds is 6. The van der Waals surface area contributed by atoms with Crippen LogP contribution in [0, 0.1) is 0 Å². The smallest absolute Gasteiger partial charge is 0.165 e. The summed E-state index contributed by atoms with van der Waals surface area (Å²) in [6, 6.07) is 61.6. The lowest BCUT2D eigenvalue weighted by Crippen LogP contribution is -2.00. The van der Waals surface area contributed by atoms with Gasteiger partial charge in [0.25, 0.3) is 0 Å². The topological polar surface area (TPSA) is 38.7 Å². The molecule has 2 aromatic heterocycles. The summed E-state index contributed by atoms with van der Waals surface area (Å²) < 4.78 is 2.43. The first-order chi connectivity index (χ1) is 24.3. The molecule has 2 heterocycles.